The van der Waals surface area contributed by atoms with E-state index in [9.17, 15) is 9.59 Å². The van der Waals surface area contributed by atoms with Gasteiger partial charge in [0.2, 0.25) is 0 Å². The summed E-state index contributed by atoms with van der Waals surface area (Å²) in [4.78, 5) is 29.0. The van der Waals surface area contributed by atoms with Crippen molar-refractivity contribution in [2.24, 2.45) is 5.92 Å². The standard InChI is InChI=1S/C21H26N4O2.C2H6/c1-14-6-7-16(20(26)23-11-10-15-4-2-3-5-15)12-18(14)21(27)25-17-8-9-19(22)24-13-17;1-2/h6-9,12-13,15H,2-5,10-11H2,1H3,(H2,22,24)(H,23,26)(H,25,27);1-2H3. The zero-order valence-corrected chi connectivity index (χ0v) is 17.6. The quantitative estimate of drug-likeness (QED) is 0.667. The largest absolute Gasteiger partial charge is 0.384 e. The Bertz CT molecular complexity index is 812. The molecule has 0 spiro atoms. The highest BCUT2D eigenvalue weighted by Gasteiger charge is 2.16. The predicted octanol–water partition coefficient (Wildman–Crippen LogP) is 4.56. The maximum Gasteiger partial charge on any atom is 0.255 e. The molecule has 0 saturated heterocycles. The second kappa shape index (κ2) is 11.2. The first-order valence-electron chi connectivity index (χ1n) is 10.4. The maximum atomic E-state index is 12.6. The molecule has 0 bridgehead atoms. The average Bonchev–Trinajstić information content (AvgIpc) is 3.25. The third-order valence-corrected chi connectivity index (χ3v) is 5.10. The minimum Gasteiger partial charge on any atom is -0.384 e. The number of rotatable bonds is 6. The summed E-state index contributed by atoms with van der Waals surface area (Å²) in [7, 11) is 0. The first-order valence-corrected chi connectivity index (χ1v) is 10.4. The third-order valence-electron chi connectivity index (χ3n) is 5.10. The minimum absolute atomic E-state index is 0.142. The number of carbonyl (C=O) groups excluding carboxylic acids is 2. The number of aryl methyl sites for hydroxylation is 1. The van der Waals surface area contributed by atoms with Crippen molar-refractivity contribution in [3.8, 4) is 0 Å². The fraction of sp³-hybridized carbons (Fsp3) is 0.435. The highest BCUT2D eigenvalue weighted by molar-refractivity contribution is 6.07. The molecule has 1 aliphatic rings. The molecular weight excluding hydrogens is 364 g/mol. The average molecular weight is 397 g/mol. The highest BCUT2D eigenvalue weighted by atomic mass is 16.2. The van der Waals surface area contributed by atoms with E-state index in [1.165, 1.54) is 31.9 Å². The van der Waals surface area contributed by atoms with Gasteiger partial charge in [0.1, 0.15) is 5.82 Å². The number of hydrogen-bond donors (Lipinski definition) is 3. The summed E-state index contributed by atoms with van der Waals surface area (Å²) in [6, 6.07) is 8.50. The summed E-state index contributed by atoms with van der Waals surface area (Å²) >= 11 is 0. The molecule has 0 aliphatic heterocycles. The molecule has 2 amide bonds. The van der Waals surface area contributed by atoms with Crippen molar-refractivity contribution in [2.45, 2.75) is 52.9 Å². The van der Waals surface area contributed by atoms with Gasteiger partial charge in [0.15, 0.2) is 0 Å². The van der Waals surface area contributed by atoms with Gasteiger partial charge in [-0.1, -0.05) is 45.6 Å². The Labute approximate surface area is 173 Å². The van der Waals surface area contributed by atoms with Crippen molar-refractivity contribution in [1.82, 2.24) is 10.3 Å². The van der Waals surface area contributed by atoms with Gasteiger partial charge in [0.05, 0.1) is 11.9 Å². The second-order valence-electron chi connectivity index (χ2n) is 7.15. The number of aromatic nitrogens is 1. The molecule has 156 valence electrons. The number of benzene rings is 1. The minimum atomic E-state index is -0.278. The normalized spacial score (nSPS) is 13.3. The Hall–Kier alpha value is -2.89. The number of nitrogens with one attached hydrogen (secondary N) is 2. The molecule has 1 aromatic carbocycles. The molecule has 6 heteroatoms. The molecule has 1 fully saturated rings. The van der Waals surface area contributed by atoms with Gasteiger partial charge in [-0.2, -0.15) is 0 Å². The van der Waals surface area contributed by atoms with Crippen molar-refractivity contribution in [3.05, 3.63) is 53.2 Å². The van der Waals surface area contributed by atoms with Crippen LogP contribution in [0.2, 0.25) is 0 Å². The predicted molar refractivity (Wildman–Crippen MR) is 118 cm³/mol. The van der Waals surface area contributed by atoms with Crippen LogP contribution in [0.3, 0.4) is 0 Å². The molecule has 1 aliphatic carbocycles. The summed E-state index contributed by atoms with van der Waals surface area (Å²) in [5.41, 5.74) is 7.88. The Morgan fingerprint density at radius 2 is 1.83 bits per heavy atom. The van der Waals surface area contributed by atoms with Crippen LogP contribution in [0.1, 0.15) is 72.2 Å². The Morgan fingerprint density at radius 3 is 2.48 bits per heavy atom. The number of amides is 2. The van der Waals surface area contributed by atoms with Gasteiger partial charge in [-0.3, -0.25) is 9.59 Å². The smallest absolute Gasteiger partial charge is 0.255 e. The van der Waals surface area contributed by atoms with E-state index in [1.807, 2.05) is 20.8 Å². The van der Waals surface area contributed by atoms with E-state index in [-0.39, 0.29) is 11.8 Å². The highest BCUT2D eigenvalue weighted by Crippen LogP contribution is 2.27. The van der Waals surface area contributed by atoms with Crippen molar-refractivity contribution >= 4 is 23.3 Å². The van der Waals surface area contributed by atoms with Crippen LogP contribution in [-0.4, -0.2) is 23.3 Å². The van der Waals surface area contributed by atoms with Crippen LogP contribution < -0.4 is 16.4 Å². The first-order chi connectivity index (χ1) is 14.0. The molecule has 0 radical (unpaired) electrons. The molecule has 0 atom stereocenters. The SMILES string of the molecule is CC.Cc1ccc(C(=O)NCCC2CCCC2)cc1C(=O)Nc1ccc(N)nc1. The van der Waals surface area contributed by atoms with E-state index < -0.39 is 0 Å². The number of nitrogens with zero attached hydrogens (tertiary/aromatic N) is 1. The van der Waals surface area contributed by atoms with Gasteiger partial charge in [-0.25, -0.2) is 4.98 Å². The zero-order valence-electron chi connectivity index (χ0n) is 17.6. The van der Waals surface area contributed by atoms with Gasteiger partial charge < -0.3 is 16.4 Å². The zero-order chi connectivity index (χ0) is 21.2. The third kappa shape index (κ3) is 6.59. The van der Waals surface area contributed by atoms with Gasteiger partial charge in [-0.05, 0) is 49.1 Å². The van der Waals surface area contributed by atoms with Crippen LogP contribution in [0.25, 0.3) is 0 Å². The lowest BCUT2D eigenvalue weighted by molar-refractivity contribution is 0.0951. The van der Waals surface area contributed by atoms with E-state index in [1.54, 1.807) is 30.3 Å². The Balaban J connectivity index is 0.00000145. The Kier molecular flexibility index (Phi) is 8.65. The first kappa shape index (κ1) is 22.4. The van der Waals surface area contributed by atoms with E-state index in [0.717, 1.165) is 17.9 Å². The van der Waals surface area contributed by atoms with E-state index in [4.69, 9.17) is 5.73 Å². The Morgan fingerprint density at radius 1 is 1.10 bits per heavy atom. The van der Waals surface area contributed by atoms with Crippen LogP contribution in [0.15, 0.2) is 36.5 Å². The fourth-order valence-electron chi connectivity index (χ4n) is 3.48. The van der Waals surface area contributed by atoms with E-state index >= 15 is 0 Å². The van der Waals surface area contributed by atoms with Crippen LogP contribution in [-0.2, 0) is 0 Å². The summed E-state index contributed by atoms with van der Waals surface area (Å²) in [6.07, 6.45) is 7.67. The molecule has 4 N–H and O–H groups in total. The molecule has 0 unspecified atom stereocenters. The van der Waals surface area contributed by atoms with E-state index in [2.05, 4.69) is 15.6 Å². The van der Waals surface area contributed by atoms with Crippen molar-refractivity contribution in [1.29, 1.82) is 0 Å². The van der Waals surface area contributed by atoms with Crippen molar-refractivity contribution < 1.29 is 9.59 Å². The fourth-order valence-corrected chi connectivity index (χ4v) is 3.48. The topological polar surface area (TPSA) is 97.1 Å². The van der Waals surface area contributed by atoms with Gasteiger partial charge in [0, 0.05) is 17.7 Å². The van der Waals surface area contributed by atoms with Crippen molar-refractivity contribution in [2.75, 3.05) is 17.6 Å². The molecule has 1 heterocycles. The van der Waals surface area contributed by atoms with Crippen LogP contribution in [0.4, 0.5) is 11.5 Å². The van der Waals surface area contributed by atoms with Gasteiger partial charge in [-0.15, -0.1) is 0 Å². The van der Waals surface area contributed by atoms with Gasteiger partial charge in [0.25, 0.3) is 11.8 Å². The number of pyridine rings is 1. The molecule has 6 nitrogen and oxygen atoms in total. The number of nitrogens with two attached hydrogens (primary N) is 1. The molecule has 29 heavy (non-hydrogen) atoms. The number of carbonyl (C=O) groups is 2. The molecule has 3 rings (SSSR count). The summed E-state index contributed by atoms with van der Waals surface area (Å²) < 4.78 is 0. The van der Waals surface area contributed by atoms with Crippen LogP contribution >= 0.6 is 0 Å². The van der Waals surface area contributed by atoms with Gasteiger partial charge >= 0.3 is 0 Å². The molecular formula is C23H32N4O2. The summed E-state index contributed by atoms with van der Waals surface area (Å²) in [6.45, 7) is 6.52. The number of hydrogen-bond acceptors (Lipinski definition) is 4. The monoisotopic (exact) mass is 396 g/mol. The lowest BCUT2D eigenvalue weighted by atomic mass is 10.0. The second-order valence-corrected chi connectivity index (χ2v) is 7.15. The summed E-state index contributed by atoms with van der Waals surface area (Å²) in [5, 5.41) is 5.76. The lowest BCUT2D eigenvalue weighted by Gasteiger charge is -2.12. The van der Waals surface area contributed by atoms with Crippen molar-refractivity contribution in [3.63, 3.8) is 0 Å². The van der Waals surface area contributed by atoms with Crippen LogP contribution in [0, 0.1) is 12.8 Å². The number of anilines is 2. The molecule has 2 aromatic rings. The molecule has 1 aromatic heterocycles. The molecule has 1 saturated carbocycles. The van der Waals surface area contributed by atoms with E-state index in [0.29, 0.717) is 29.2 Å². The lowest BCUT2D eigenvalue weighted by Crippen LogP contribution is -2.26. The number of nitrogen functional groups attached to an aromatic ring is 1. The maximum absolute atomic E-state index is 12.6. The van der Waals surface area contributed by atoms with Crippen LogP contribution in [0.5, 0.6) is 0 Å². The summed E-state index contributed by atoms with van der Waals surface area (Å²) in [5.74, 6) is 0.703.